The second kappa shape index (κ2) is 10.3. The van der Waals surface area contributed by atoms with Gasteiger partial charge in [0.15, 0.2) is 0 Å². The van der Waals surface area contributed by atoms with E-state index < -0.39 is 17.8 Å². The van der Waals surface area contributed by atoms with Crippen LogP contribution in [0, 0.1) is 0 Å². The molecule has 2 aromatic heterocycles. The number of aliphatic carboxylic acids is 1. The van der Waals surface area contributed by atoms with Crippen LogP contribution in [0.5, 0.6) is 0 Å². The molecule has 1 aliphatic heterocycles. The standard InChI is InChI=1S/C25H29N5O3/c26-24(33)21-16-30(14-12-20-11-10-18-7-4-13-27-25(18)28-20)29-23(21)19(15-22(31)32)9-8-17-5-2-1-3-6-17/h1-3,5-6,10-11,16,19H,4,7-9,12-15H2,(H2,26,33)(H,27,28)(H,31,32). The number of hydrogen-bond donors (Lipinski definition) is 3. The average molecular weight is 448 g/mol. The van der Waals surface area contributed by atoms with Crippen molar-refractivity contribution in [1.82, 2.24) is 14.8 Å². The van der Waals surface area contributed by atoms with Gasteiger partial charge in [-0.2, -0.15) is 5.10 Å². The normalized spacial score (nSPS) is 13.7. The zero-order valence-corrected chi connectivity index (χ0v) is 18.5. The lowest BCUT2D eigenvalue weighted by Gasteiger charge is -2.17. The van der Waals surface area contributed by atoms with Gasteiger partial charge in [0.1, 0.15) is 5.82 Å². The van der Waals surface area contributed by atoms with E-state index in [1.54, 1.807) is 10.9 Å². The van der Waals surface area contributed by atoms with Crippen LogP contribution in [0.3, 0.4) is 0 Å². The number of nitrogens with zero attached hydrogens (tertiary/aromatic N) is 3. The van der Waals surface area contributed by atoms with Crippen molar-refractivity contribution < 1.29 is 14.7 Å². The Morgan fingerprint density at radius 2 is 1.97 bits per heavy atom. The second-order valence-corrected chi connectivity index (χ2v) is 8.47. The van der Waals surface area contributed by atoms with Crippen LogP contribution < -0.4 is 11.1 Å². The maximum atomic E-state index is 12.1. The maximum Gasteiger partial charge on any atom is 0.304 e. The molecule has 0 fully saturated rings. The molecule has 1 atom stereocenters. The Morgan fingerprint density at radius 3 is 2.73 bits per heavy atom. The third-order valence-corrected chi connectivity index (χ3v) is 6.04. The average Bonchev–Trinajstić information content (AvgIpc) is 3.25. The van der Waals surface area contributed by atoms with E-state index >= 15 is 0 Å². The molecule has 0 saturated heterocycles. The van der Waals surface area contributed by atoms with E-state index in [0.29, 0.717) is 31.5 Å². The Labute approximate surface area is 192 Å². The highest BCUT2D eigenvalue weighted by Crippen LogP contribution is 2.27. The van der Waals surface area contributed by atoms with Gasteiger partial charge in [-0.1, -0.05) is 36.4 Å². The van der Waals surface area contributed by atoms with Crippen LogP contribution in [-0.4, -0.2) is 38.3 Å². The van der Waals surface area contributed by atoms with E-state index in [4.69, 9.17) is 10.7 Å². The first-order chi connectivity index (χ1) is 16.0. The van der Waals surface area contributed by atoms with Crippen LogP contribution >= 0.6 is 0 Å². The van der Waals surface area contributed by atoms with Crippen molar-refractivity contribution in [3.8, 4) is 0 Å². The molecular formula is C25H29N5O3. The van der Waals surface area contributed by atoms with Gasteiger partial charge < -0.3 is 16.2 Å². The smallest absolute Gasteiger partial charge is 0.304 e. The summed E-state index contributed by atoms with van der Waals surface area (Å²) in [5, 5.41) is 17.4. The van der Waals surface area contributed by atoms with Gasteiger partial charge in [0.2, 0.25) is 0 Å². The first kappa shape index (κ1) is 22.5. The summed E-state index contributed by atoms with van der Waals surface area (Å²) in [6, 6.07) is 14.0. The van der Waals surface area contributed by atoms with Gasteiger partial charge >= 0.3 is 5.97 Å². The fraction of sp³-hybridized carbons (Fsp3) is 0.360. The molecule has 4 N–H and O–H groups in total. The number of carboxylic acids is 1. The number of amides is 1. The van der Waals surface area contributed by atoms with Crippen LogP contribution in [0.25, 0.3) is 0 Å². The summed E-state index contributed by atoms with van der Waals surface area (Å²) in [5.74, 6) is -0.982. The molecule has 0 aliphatic carbocycles. The number of anilines is 1. The largest absolute Gasteiger partial charge is 0.481 e. The van der Waals surface area contributed by atoms with Crippen molar-refractivity contribution in [2.75, 3.05) is 11.9 Å². The summed E-state index contributed by atoms with van der Waals surface area (Å²) in [7, 11) is 0. The van der Waals surface area contributed by atoms with Crippen LogP contribution in [0.2, 0.25) is 0 Å². The van der Waals surface area contributed by atoms with Crippen molar-refractivity contribution in [2.45, 2.75) is 51.0 Å². The monoisotopic (exact) mass is 447 g/mol. The number of carboxylic acid groups (broad SMARTS) is 1. The van der Waals surface area contributed by atoms with E-state index in [9.17, 15) is 14.7 Å². The molecule has 0 spiro atoms. The number of primary amides is 1. The van der Waals surface area contributed by atoms with Crippen molar-refractivity contribution in [3.05, 3.63) is 76.7 Å². The number of carbonyl (C=O) groups is 2. The minimum Gasteiger partial charge on any atom is -0.481 e. The van der Waals surface area contributed by atoms with Gasteiger partial charge in [-0.05, 0) is 42.9 Å². The zero-order chi connectivity index (χ0) is 23.2. The van der Waals surface area contributed by atoms with Gasteiger partial charge in [-0.15, -0.1) is 0 Å². The van der Waals surface area contributed by atoms with Gasteiger partial charge in [-0.3, -0.25) is 14.3 Å². The van der Waals surface area contributed by atoms with Crippen molar-refractivity contribution >= 4 is 17.7 Å². The maximum absolute atomic E-state index is 12.1. The third-order valence-electron chi connectivity index (χ3n) is 6.04. The molecule has 33 heavy (non-hydrogen) atoms. The number of nitrogens with two attached hydrogens (primary N) is 1. The van der Waals surface area contributed by atoms with Crippen molar-refractivity contribution in [1.29, 1.82) is 0 Å². The molecule has 3 aromatic rings. The highest BCUT2D eigenvalue weighted by atomic mass is 16.4. The lowest BCUT2D eigenvalue weighted by molar-refractivity contribution is -0.137. The van der Waals surface area contributed by atoms with E-state index in [2.05, 4.69) is 16.5 Å². The molecule has 0 radical (unpaired) electrons. The highest BCUT2D eigenvalue weighted by Gasteiger charge is 2.25. The molecule has 3 heterocycles. The summed E-state index contributed by atoms with van der Waals surface area (Å²) in [6.45, 7) is 1.45. The SMILES string of the molecule is NC(=O)c1cn(CCc2ccc3c(n2)NCCC3)nc1C(CCc1ccccc1)CC(=O)O. The zero-order valence-electron chi connectivity index (χ0n) is 18.5. The lowest BCUT2D eigenvalue weighted by atomic mass is 9.91. The molecule has 1 amide bonds. The molecule has 1 aliphatic rings. The number of pyridine rings is 1. The summed E-state index contributed by atoms with van der Waals surface area (Å²) >= 11 is 0. The number of benzene rings is 1. The minimum atomic E-state index is -0.927. The van der Waals surface area contributed by atoms with E-state index in [-0.39, 0.29) is 12.0 Å². The Balaban J connectivity index is 1.51. The molecule has 8 heteroatoms. The number of carbonyl (C=O) groups excluding carboxylic acids is 1. The number of nitrogens with one attached hydrogen (secondary N) is 1. The Kier molecular flexibility index (Phi) is 7.02. The molecule has 172 valence electrons. The van der Waals surface area contributed by atoms with Crippen molar-refractivity contribution in [3.63, 3.8) is 0 Å². The molecule has 1 aromatic carbocycles. The molecule has 1 unspecified atom stereocenters. The number of rotatable bonds is 10. The summed E-state index contributed by atoms with van der Waals surface area (Å²) in [6.07, 6.45) is 5.56. The Bertz CT molecular complexity index is 1130. The van der Waals surface area contributed by atoms with Gasteiger partial charge in [0.05, 0.1) is 17.7 Å². The fourth-order valence-corrected chi connectivity index (χ4v) is 4.31. The topological polar surface area (TPSA) is 123 Å². The van der Waals surface area contributed by atoms with E-state index in [0.717, 1.165) is 36.5 Å². The first-order valence-electron chi connectivity index (χ1n) is 11.3. The van der Waals surface area contributed by atoms with Crippen molar-refractivity contribution in [2.24, 2.45) is 5.73 Å². The predicted octanol–water partition coefficient (Wildman–Crippen LogP) is 3.17. The number of aromatic nitrogens is 3. The summed E-state index contributed by atoms with van der Waals surface area (Å²) < 4.78 is 1.68. The van der Waals surface area contributed by atoms with Gasteiger partial charge in [0.25, 0.3) is 5.91 Å². The minimum absolute atomic E-state index is 0.109. The molecule has 0 bridgehead atoms. The van der Waals surface area contributed by atoms with Crippen LogP contribution in [-0.2, 0) is 30.6 Å². The Morgan fingerprint density at radius 1 is 1.15 bits per heavy atom. The molecule has 8 nitrogen and oxygen atoms in total. The Hall–Kier alpha value is -3.68. The van der Waals surface area contributed by atoms with E-state index in [1.165, 1.54) is 5.56 Å². The molecular weight excluding hydrogens is 418 g/mol. The number of hydrogen-bond acceptors (Lipinski definition) is 5. The van der Waals surface area contributed by atoms with Crippen LogP contribution in [0.1, 0.15) is 58.1 Å². The van der Waals surface area contributed by atoms with Crippen LogP contribution in [0.15, 0.2) is 48.7 Å². The quantitative estimate of drug-likeness (QED) is 0.439. The molecule has 0 saturated carbocycles. The van der Waals surface area contributed by atoms with Gasteiger partial charge in [0, 0.05) is 37.3 Å². The van der Waals surface area contributed by atoms with Crippen LogP contribution in [0.4, 0.5) is 5.82 Å². The first-order valence-corrected chi connectivity index (χ1v) is 11.3. The number of fused-ring (bicyclic) bond motifs is 1. The summed E-state index contributed by atoms with van der Waals surface area (Å²) in [5.41, 5.74) is 9.65. The number of aryl methyl sites for hydroxylation is 4. The molecule has 4 rings (SSSR count). The second-order valence-electron chi connectivity index (χ2n) is 8.47. The van der Waals surface area contributed by atoms with Gasteiger partial charge in [-0.25, -0.2) is 4.98 Å². The fourth-order valence-electron chi connectivity index (χ4n) is 4.31. The highest BCUT2D eigenvalue weighted by molar-refractivity contribution is 5.94. The predicted molar refractivity (Wildman–Crippen MR) is 125 cm³/mol. The summed E-state index contributed by atoms with van der Waals surface area (Å²) in [4.78, 5) is 28.4. The third kappa shape index (κ3) is 5.77. The lowest BCUT2D eigenvalue weighted by Crippen LogP contribution is -2.16. The van der Waals surface area contributed by atoms with E-state index in [1.807, 2.05) is 36.4 Å².